The molecule has 3 rings (SSSR count). The third-order valence-electron chi connectivity index (χ3n) is 5.44. The van der Waals surface area contributed by atoms with Gasteiger partial charge in [0.05, 0.1) is 34.8 Å². The van der Waals surface area contributed by atoms with Crippen molar-refractivity contribution in [1.29, 1.82) is 0 Å². The second-order valence-electron chi connectivity index (χ2n) is 8.43. The Morgan fingerprint density at radius 3 is 1.90 bits per heavy atom. The molecular formula is C16H35N10Na4O9S3-. The Morgan fingerprint density at radius 1 is 0.881 bits per heavy atom. The van der Waals surface area contributed by atoms with Crippen LogP contribution in [0.2, 0.25) is 0 Å². The van der Waals surface area contributed by atoms with Gasteiger partial charge in [0, 0.05) is 18.6 Å². The predicted molar refractivity (Wildman–Crippen MR) is 131 cm³/mol. The van der Waals surface area contributed by atoms with Crippen LogP contribution in [0.3, 0.4) is 0 Å². The van der Waals surface area contributed by atoms with Gasteiger partial charge in [0.25, 0.3) is 0 Å². The predicted octanol–water partition coefficient (Wildman–Crippen LogP) is -18.5. The van der Waals surface area contributed by atoms with Crippen LogP contribution in [0.25, 0.3) is 0 Å². The van der Waals surface area contributed by atoms with Crippen LogP contribution < -0.4 is 171 Å². The molecule has 3 fully saturated rings. The summed E-state index contributed by atoms with van der Waals surface area (Å²) in [4.78, 5) is 0. The van der Waals surface area contributed by atoms with E-state index in [4.69, 9.17) is 5.11 Å². The molecule has 42 heavy (non-hydrogen) atoms. The van der Waals surface area contributed by atoms with E-state index < -0.39 is 55.1 Å². The molecule has 226 valence electrons. The van der Waals surface area contributed by atoms with Gasteiger partial charge in [-0.1, -0.05) is 6.42 Å². The number of aliphatic hydroxyl groups excluding tert-OH is 1. The van der Waals surface area contributed by atoms with E-state index >= 15 is 0 Å². The maximum absolute atomic E-state index is 11.5. The van der Waals surface area contributed by atoms with E-state index in [1.54, 1.807) is 13.3 Å². The van der Waals surface area contributed by atoms with Crippen molar-refractivity contribution < 1.29 is 158 Å². The van der Waals surface area contributed by atoms with E-state index in [1.165, 1.54) is 0 Å². The van der Waals surface area contributed by atoms with Crippen molar-refractivity contribution in [1.82, 2.24) is 53.2 Å². The molecule has 3 aliphatic rings. The molecule has 11 N–H and O–H groups in total. The quantitative estimate of drug-likeness (QED) is 0.0296. The molecular weight excluding hydrogens is 664 g/mol. The largest absolute Gasteiger partial charge is 1.00 e. The fourth-order valence-corrected chi connectivity index (χ4v) is 5.10. The van der Waals surface area contributed by atoms with Crippen LogP contribution in [0.1, 0.15) is 25.7 Å². The summed E-state index contributed by atoms with van der Waals surface area (Å²) in [6.45, 7) is 2.91. The van der Waals surface area contributed by atoms with E-state index in [0.717, 1.165) is 25.7 Å². The molecule has 0 spiro atoms. The monoisotopic (exact) mass is 699 g/mol. The Kier molecular flexibility index (Phi) is 31.3. The number of rotatable bonds is 12. The average molecular weight is 700 g/mol. The average Bonchev–Trinajstić information content (AvgIpc) is 2.82. The van der Waals surface area contributed by atoms with Crippen molar-refractivity contribution >= 4 is 31.3 Å². The SMILES string of the molecule is O=S(=O)([O-])CCNC1NC(NC2CCCC(NC3N[CH-]N[CH-]N3)C2)NC(S(=O)(=O)[O-])N1.O=S([O-])CNCO.[Na+].[Na+].[Na+].[Na+]. The minimum absolute atomic E-state index is 0. The van der Waals surface area contributed by atoms with Crippen LogP contribution >= 0.6 is 0 Å². The zero-order valence-electron chi connectivity index (χ0n) is 24.2. The number of hydrogen-bond donors (Lipinski definition) is 11. The molecule has 0 bridgehead atoms. The molecule has 0 amide bonds. The van der Waals surface area contributed by atoms with Crippen molar-refractivity contribution in [3.8, 4) is 0 Å². The summed E-state index contributed by atoms with van der Waals surface area (Å²) >= 11 is -2.09. The second-order valence-corrected chi connectivity index (χ2v) is 12.3. The molecule has 6 atom stereocenters. The molecule has 1 saturated carbocycles. The summed E-state index contributed by atoms with van der Waals surface area (Å²) in [7, 11) is -9.16. The maximum Gasteiger partial charge on any atom is 1.00 e. The topological polar surface area (TPSA) is 295 Å². The molecule has 6 unspecified atom stereocenters. The fraction of sp³-hybridized carbons (Fsp3) is 0.875. The van der Waals surface area contributed by atoms with Crippen molar-refractivity contribution in [2.24, 2.45) is 0 Å². The van der Waals surface area contributed by atoms with Crippen LogP contribution in [0.5, 0.6) is 0 Å². The standard InChI is InChI=1S/C14H31N9O6S2.C2H7NO3S.4Na/c24-30(25,26)5-4-16-12-21-13(23-14(22-12)31(27,28)29)20-10-3-1-2-9(6-10)19-11-17-7-15-8-18-11;4-1-3-2-7(5)6;;;;/h7-23H,1-6H2,(H,24,25,26)(H,27,28,29);3-4H,1-2H2,(H,5,6);;;;/q-2;;4*+1/p-3. The molecule has 2 aliphatic heterocycles. The van der Waals surface area contributed by atoms with E-state index in [2.05, 4.69) is 53.2 Å². The van der Waals surface area contributed by atoms with E-state index in [-0.39, 0.29) is 156 Å². The van der Waals surface area contributed by atoms with Gasteiger partial charge in [-0.15, -0.1) is 0 Å². The van der Waals surface area contributed by atoms with Gasteiger partial charge in [0.2, 0.25) is 0 Å². The minimum atomic E-state index is -4.73. The van der Waals surface area contributed by atoms with Gasteiger partial charge < -0.3 is 34.7 Å². The van der Waals surface area contributed by atoms with Gasteiger partial charge in [0.1, 0.15) is 22.7 Å². The minimum Gasteiger partial charge on any atom is -0.771 e. The van der Waals surface area contributed by atoms with E-state index in [0.29, 0.717) is 0 Å². The number of nitrogens with one attached hydrogen (secondary N) is 10. The van der Waals surface area contributed by atoms with Crippen molar-refractivity contribution in [2.45, 2.75) is 62.1 Å². The van der Waals surface area contributed by atoms with Gasteiger partial charge >= 0.3 is 118 Å². The first-order valence-corrected chi connectivity index (χ1v) is 15.9. The Morgan fingerprint density at radius 2 is 1.43 bits per heavy atom. The Labute approximate surface area is 338 Å². The molecule has 0 aromatic rings. The van der Waals surface area contributed by atoms with Gasteiger partial charge in [-0.3, -0.25) is 41.4 Å². The van der Waals surface area contributed by atoms with Crippen molar-refractivity contribution in [3.63, 3.8) is 0 Å². The van der Waals surface area contributed by atoms with Crippen LogP contribution in [0.15, 0.2) is 0 Å². The summed E-state index contributed by atoms with van der Waals surface area (Å²) in [5.41, 5.74) is -1.60. The van der Waals surface area contributed by atoms with E-state index in [1.807, 2.05) is 0 Å². The normalized spacial score (nSPS) is 27.4. The molecule has 2 heterocycles. The number of aliphatic hydroxyl groups is 1. The molecule has 0 aromatic heterocycles. The molecule has 19 nitrogen and oxygen atoms in total. The summed E-state index contributed by atoms with van der Waals surface area (Å²) in [6.07, 6.45) is 1.80. The van der Waals surface area contributed by atoms with Crippen LogP contribution in [0.4, 0.5) is 0 Å². The zero-order valence-corrected chi connectivity index (χ0v) is 34.7. The third-order valence-corrected chi connectivity index (χ3v) is 7.43. The summed E-state index contributed by atoms with van der Waals surface area (Å²) < 4.78 is 86.1. The third kappa shape index (κ3) is 23.0. The second kappa shape index (κ2) is 26.4. The smallest absolute Gasteiger partial charge is 0.771 e. The van der Waals surface area contributed by atoms with Crippen LogP contribution in [-0.2, 0) is 31.3 Å². The van der Waals surface area contributed by atoms with E-state index in [9.17, 15) is 34.7 Å². The molecule has 1 aliphatic carbocycles. The molecule has 26 heteroatoms. The first-order chi connectivity index (χ1) is 17.9. The van der Waals surface area contributed by atoms with Crippen LogP contribution in [-0.4, -0.2) is 101 Å². The van der Waals surface area contributed by atoms with Gasteiger partial charge in [-0.25, -0.2) is 30.2 Å². The molecule has 0 radical (unpaired) electrons. The Bertz CT molecular complexity index is 945. The summed E-state index contributed by atoms with van der Waals surface area (Å²) in [5.74, 6) is -0.854. The Hall–Kier alpha value is 3.49. The zero-order chi connectivity index (χ0) is 28.2. The maximum atomic E-state index is 11.5. The first-order valence-electron chi connectivity index (χ1n) is 11.6. The fourth-order valence-electron chi connectivity index (χ4n) is 3.86. The van der Waals surface area contributed by atoms with Gasteiger partial charge in [-0.05, 0) is 30.3 Å². The molecule has 2 saturated heterocycles. The van der Waals surface area contributed by atoms with Gasteiger partial charge in [0.15, 0.2) is 5.50 Å². The van der Waals surface area contributed by atoms with Crippen LogP contribution in [0, 0.1) is 13.3 Å². The summed E-state index contributed by atoms with van der Waals surface area (Å²) in [5, 5.41) is 36.7. The van der Waals surface area contributed by atoms with Crippen molar-refractivity contribution in [3.05, 3.63) is 13.3 Å². The Balaban J connectivity index is -0.00000124. The van der Waals surface area contributed by atoms with Gasteiger partial charge in [-0.2, -0.15) is 0 Å². The molecule has 0 aromatic carbocycles. The summed E-state index contributed by atoms with van der Waals surface area (Å²) in [6, 6.07) is 0.231. The van der Waals surface area contributed by atoms with Crippen molar-refractivity contribution in [2.75, 3.05) is 24.9 Å². The number of hydrogen-bond acceptors (Lipinski definition) is 19. The first kappa shape index (κ1) is 49.9.